The van der Waals surface area contributed by atoms with Crippen molar-refractivity contribution < 1.29 is 4.79 Å². The molecule has 0 fully saturated rings. The summed E-state index contributed by atoms with van der Waals surface area (Å²) in [5.74, 6) is 0. The summed E-state index contributed by atoms with van der Waals surface area (Å²) in [5.41, 5.74) is 7.47. The van der Waals surface area contributed by atoms with Crippen molar-refractivity contribution in [2.75, 3.05) is 18.0 Å². The van der Waals surface area contributed by atoms with Crippen molar-refractivity contribution in [1.29, 1.82) is 0 Å². The molecule has 31 heavy (non-hydrogen) atoms. The van der Waals surface area contributed by atoms with Crippen LogP contribution < -0.4 is 10.2 Å². The van der Waals surface area contributed by atoms with Gasteiger partial charge in [0.25, 0.3) is 0 Å². The molecule has 6 nitrogen and oxygen atoms in total. The van der Waals surface area contributed by atoms with E-state index in [0.29, 0.717) is 11.6 Å². The van der Waals surface area contributed by atoms with Gasteiger partial charge in [-0.1, -0.05) is 41.1 Å². The van der Waals surface area contributed by atoms with Gasteiger partial charge in [-0.05, 0) is 67.3 Å². The molecule has 158 valence electrons. The molecule has 1 unspecified atom stereocenters. The summed E-state index contributed by atoms with van der Waals surface area (Å²) in [4.78, 5) is 14.1. The Balaban J connectivity index is 1.67. The maximum Gasteiger partial charge on any atom is 0.214 e. The molecule has 2 aliphatic rings. The van der Waals surface area contributed by atoms with Gasteiger partial charge in [0, 0.05) is 29.4 Å². The van der Waals surface area contributed by atoms with E-state index in [2.05, 4.69) is 39.9 Å². The number of aromatic nitrogens is 3. The van der Waals surface area contributed by atoms with E-state index in [4.69, 9.17) is 11.6 Å². The molecule has 3 heterocycles. The molecule has 2 aromatic carbocycles. The summed E-state index contributed by atoms with van der Waals surface area (Å²) in [6.45, 7) is 4.53. The molecule has 1 amide bonds. The van der Waals surface area contributed by atoms with Crippen LogP contribution in [0.2, 0.25) is 5.02 Å². The number of anilines is 1. The smallest absolute Gasteiger partial charge is 0.214 e. The van der Waals surface area contributed by atoms with Crippen molar-refractivity contribution in [2.24, 2.45) is 0 Å². The Morgan fingerprint density at radius 2 is 2.16 bits per heavy atom. The molecule has 2 aliphatic heterocycles. The Morgan fingerprint density at radius 1 is 1.26 bits per heavy atom. The van der Waals surface area contributed by atoms with E-state index in [0.717, 1.165) is 60.5 Å². The number of nitrogens with one attached hydrogen (secondary N) is 1. The van der Waals surface area contributed by atoms with Crippen LogP contribution in [0.25, 0.3) is 16.8 Å². The van der Waals surface area contributed by atoms with E-state index < -0.39 is 0 Å². The quantitative estimate of drug-likeness (QED) is 0.620. The van der Waals surface area contributed by atoms with Crippen LogP contribution in [0, 0.1) is 6.92 Å². The average molecular weight is 434 g/mol. The SMILES string of the molecule is Cc1nnn2c1-c1ccc(C3=CCNCC3)cc1C(N(C=O)c1cccc(Cl)c1)CC2. The molecular formula is C24H24ClN5O. The zero-order valence-electron chi connectivity index (χ0n) is 17.4. The number of rotatable bonds is 4. The first-order valence-corrected chi connectivity index (χ1v) is 11.0. The second kappa shape index (κ2) is 8.29. The number of aryl methyl sites for hydroxylation is 2. The number of nitrogens with zero attached hydrogens (tertiary/aromatic N) is 4. The third-order valence-electron chi connectivity index (χ3n) is 6.17. The molecule has 0 saturated heterocycles. The van der Waals surface area contributed by atoms with Crippen molar-refractivity contribution in [3.63, 3.8) is 0 Å². The van der Waals surface area contributed by atoms with E-state index in [1.165, 1.54) is 11.1 Å². The first kappa shape index (κ1) is 20.0. The number of hydrogen-bond acceptors (Lipinski definition) is 4. The van der Waals surface area contributed by atoms with E-state index in [-0.39, 0.29) is 6.04 Å². The number of halogens is 1. The van der Waals surface area contributed by atoms with Gasteiger partial charge >= 0.3 is 0 Å². The number of carbonyl (C=O) groups excluding carboxylic acids is 1. The lowest BCUT2D eigenvalue weighted by Gasteiger charge is -2.29. The highest BCUT2D eigenvalue weighted by atomic mass is 35.5. The maximum atomic E-state index is 12.3. The van der Waals surface area contributed by atoms with Crippen LogP contribution in [0.1, 0.15) is 35.7 Å². The van der Waals surface area contributed by atoms with Gasteiger partial charge in [0.05, 0.1) is 17.4 Å². The summed E-state index contributed by atoms with van der Waals surface area (Å²) in [6.07, 6.45) is 4.89. The largest absolute Gasteiger partial charge is 0.313 e. The molecule has 0 spiro atoms. The van der Waals surface area contributed by atoms with Gasteiger partial charge < -0.3 is 10.2 Å². The Hall–Kier alpha value is -2.96. The van der Waals surface area contributed by atoms with Gasteiger partial charge in [-0.2, -0.15) is 0 Å². The monoisotopic (exact) mass is 433 g/mol. The molecule has 3 aromatic rings. The maximum absolute atomic E-state index is 12.3. The van der Waals surface area contributed by atoms with Crippen LogP contribution in [-0.2, 0) is 11.3 Å². The highest BCUT2D eigenvalue weighted by Gasteiger charge is 2.30. The van der Waals surface area contributed by atoms with E-state index in [1.54, 1.807) is 4.90 Å². The normalized spacial score (nSPS) is 17.9. The molecule has 0 aliphatic carbocycles. The zero-order chi connectivity index (χ0) is 21.4. The molecule has 1 atom stereocenters. The predicted molar refractivity (Wildman–Crippen MR) is 123 cm³/mol. The average Bonchev–Trinajstić information content (AvgIpc) is 3.08. The topological polar surface area (TPSA) is 63.1 Å². The number of fused-ring (bicyclic) bond motifs is 3. The summed E-state index contributed by atoms with van der Waals surface area (Å²) in [5, 5.41) is 12.6. The molecule has 1 N–H and O–H groups in total. The van der Waals surface area contributed by atoms with E-state index in [1.807, 2.05) is 35.9 Å². The molecular weight excluding hydrogens is 410 g/mol. The summed E-state index contributed by atoms with van der Waals surface area (Å²) < 4.78 is 1.96. The highest BCUT2D eigenvalue weighted by Crippen LogP contribution is 2.41. The van der Waals surface area contributed by atoms with Gasteiger partial charge in [-0.15, -0.1) is 5.10 Å². The van der Waals surface area contributed by atoms with Crippen molar-refractivity contribution in [3.05, 3.63) is 70.4 Å². The summed E-state index contributed by atoms with van der Waals surface area (Å²) in [6, 6.07) is 13.9. The van der Waals surface area contributed by atoms with E-state index >= 15 is 0 Å². The molecule has 0 bridgehead atoms. The van der Waals surface area contributed by atoms with Gasteiger partial charge in [-0.25, -0.2) is 4.68 Å². The Morgan fingerprint density at radius 3 is 2.94 bits per heavy atom. The van der Waals surface area contributed by atoms with E-state index in [9.17, 15) is 4.79 Å². The van der Waals surface area contributed by atoms with Crippen LogP contribution in [0.3, 0.4) is 0 Å². The third kappa shape index (κ3) is 3.66. The van der Waals surface area contributed by atoms with Crippen molar-refractivity contribution in [1.82, 2.24) is 20.3 Å². The molecule has 5 rings (SSSR count). The Kier molecular flexibility index (Phi) is 5.34. The molecule has 0 radical (unpaired) electrons. The number of amides is 1. The molecule has 1 aromatic heterocycles. The number of hydrogen-bond donors (Lipinski definition) is 1. The van der Waals surface area contributed by atoms with Gasteiger partial charge in [0.1, 0.15) is 0 Å². The summed E-state index contributed by atoms with van der Waals surface area (Å²) >= 11 is 6.24. The zero-order valence-corrected chi connectivity index (χ0v) is 18.1. The first-order valence-electron chi connectivity index (χ1n) is 10.6. The fourth-order valence-corrected chi connectivity index (χ4v) is 4.85. The standard InChI is InChI=1S/C24H24ClN5O/c1-16-24-21-6-5-18(17-7-10-26-11-8-17)13-22(21)23(9-12-30(24)28-27-16)29(15-31)20-4-2-3-19(25)14-20/h2-7,13-15,23,26H,8-12H2,1H3. The Bertz CT molecular complexity index is 1170. The van der Waals surface area contributed by atoms with Gasteiger partial charge in [0.15, 0.2) is 0 Å². The predicted octanol–water partition coefficient (Wildman–Crippen LogP) is 4.39. The lowest BCUT2D eigenvalue weighted by Crippen LogP contribution is -2.28. The fraction of sp³-hybridized carbons (Fsp3) is 0.292. The third-order valence-corrected chi connectivity index (χ3v) is 6.41. The van der Waals surface area contributed by atoms with Gasteiger partial charge in [0.2, 0.25) is 6.41 Å². The minimum absolute atomic E-state index is 0.130. The molecule has 0 saturated carbocycles. The van der Waals surface area contributed by atoms with Crippen molar-refractivity contribution in [2.45, 2.75) is 32.4 Å². The highest BCUT2D eigenvalue weighted by molar-refractivity contribution is 6.30. The minimum Gasteiger partial charge on any atom is -0.313 e. The van der Waals surface area contributed by atoms with Crippen LogP contribution in [-0.4, -0.2) is 34.5 Å². The van der Waals surface area contributed by atoms with Crippen molar-refractivity contribution in [3.8, 4) is 11.3 Å². The second-order valence-corrected chi connectivity index (χ2v) is 8.47. The van der Waals surface area contributed by atoms with Gasteiger partial charge in [-0.3, -0.25) is 4.79 Å². The number of benzene rings is 2. The Labute approximate surface area is 186 Å². The lowest BCUT2D eigenvalue weighted by molar-refractivity contribution is -0.108. The van der Waals surface area contributed by atoms with Crippen LogP contribution in [0.15, 0.2) is 48.5 Å². The summed E-state index contributed by atoms with van der Waals surface area (Å²) in [7, 11) is 0. The second-order valence-electron chi connectivity index (χ2n) is 8.03. The fourth-order valence-electron chi connectivity index (χ4n) is 4.67. The lowest BCUT2D eigenvalue weighted by atomic mass is 9.90. The minimum atomic E-state index is -0.130. The van der Waals surface area contributed by atoms with Crippen LogP contribution in [0.5, 0.6) is 0 Å². The first-order chi connectivity index (χ1) is 15.2. The van der Waals surface area contributed by atoms with Crippen LogP contribution in [0.4, 0.5) is 5.69 Å². The van der Waals surface area contributed by atoms with Crippen molar-refractivity contribution >= 4 is 29.3 Å². The number of carbonyl (C=O) groups is 1. The van der Waals surface area contributed by atoms with Crippen LogP contribution >= 0.6 is 11.6 Å². The molecule has 7 heteroatoms.